The Bertz CT molecular complexity index is 1070. The second-order valence-electron chi connectivity index (χ2n) is 6.29. The first-order valence-electron chi connectivity index (χ1n) is 8.39. The van der Waals surface area contributed by atoms with Gasteiger partial charge >= 0.3 is 0 Å². The summed E-state index contributed by atoms with van der Waals surface area (Å²) in [6.07, 6.45) is 2.34. The van der Waals surface area contributed by atoms with Crippen molar-refractivity contribution in [2.24, 2.45) is 0 Å². The van der Waals surface area contributed by atoms with E-state index in [2.05, 4.69) is 20.3 Å². The Morgan fingerprint density at radius 2 is 2.15 bits per heavy atom. The number of aromatic amines is 1. The minimum absolute atomic E-state index is 0.0385. The van der Waals surface area contributed by atoms with Gasteiger partial charge in [0, 0.05) is 24.4 Å². The number of H-pyrrole nitrogens is 1. The van der Waals surface area contributed by atoms with E-state index in [9.17, 15) is 4.79 Å². The molecule has 1 aromatic carbocycles. The molecule has 1 atom stereocenters. The summed E-state index contributed by atoms with van der Waals surface area (Å²) in [5.41, 5.74) is 1.30. The van der Waals surface area contributed by atoms with E-state index in [4.69, 9.17) is 8.94 Å². The number of aromatic nitrogens is 4. The molecule has 1 aliphatic heterocycles. The zero-order valence-electron chi connectivity index (χ0n) is 13.8. The average Bonchev–Trinajstić information content (AvgIpc) is 3.47. The van der Waals surface area contributed by atoms with Crippen LogP contribution in [0.15, 0.2) is 51.6 Å². The molecule has 0 spiro atoms. The van der Waals surface area contributed by atoms with Crippen LogP contribution >= 0.6 is 0 Å². The standard InChI is InChI=1S/C18H15N5O3/c24-18(15-12-4-1-2-5-13(12)20-21-15)23-8-7-11(10-23)16-19-17(26-22-16)14-6-3-9-25-14/h1-6,9,11H,7-8,10H2,(H,20,21). The van der Waals surface area contributed by atoms with Crippen molar-refractivity contribution in [3.8, 4) is 11.7 Å². The van der Waals surface area contributed by atoms with E-state index in [0.29, 0.717) is 36.3 Å². The first kappa shape index (κ1) is 14.9. The quantitative estimate of drug-likeness (QED) is 0.610. The fourth-order valence-electron chi connectivity index (χ4n) is 3.33. The van der Waals surface area contributed by atoms with Crippen LogP contribution < -0.4 is 0 Å². The van der Waals surface area contributed by atoms with Gasteiger partial charge in [0.1, 0.15) is 0 Å². The van der Waals surface area contributed by atoms with Gasteiger partial charge in [0.2, 0.25) is 0 Å². The molecule has 1 fully saturated rings. The molecule has 1 unspecified atom stereocenters. The summed E-state index contributed by atoms with van der Waals surface area (Å²) in [4.78, 5) is 19.1. The van der Waals surface area contributed by atoms with Gasteiger partial charge in [-0.25, -0.2) is 0 Å². The molecule has 1 N–H and O–H groups in total. The number of nitrogens with zero attached hydrogens (tertiary/aromatic N) is 4. The molecule has 5 rings (SSSR count). The van der Waals surface area contributed by atoms with Crippen LogP contribution in [0.2, 0.25) is 0 Å². The molecular formula is C18H15N5O3. The van der Waals surface area contributed by atoms with Crippen molar-refractivity contribution in [3.63, 3.8) is 0 Å². The summed E-state index contributed by atoms with van der Waals surface area (Å²) in [7, 11) is 0. The van der Waals surface area contributed by atoms with E-state index in [1.165, 1.54) is 0 Å². The normalized spacial score (nSPS) is 17.2. The molecule has 0 aliphatic carbocycles. The molecule has 1 saturated heterocycles. The molecule has 1 amide bonds. The van der Waals surface area contributed by atoms with Crippen molar-refractivity contribution < 1.29 is 13.7 Å². The summed E-state index contributed by atoms with van der Waals surface area (Å²) in [6, 6.07) is 11.1. The molecular weight excluding hydrogens is 334 g/mol. The third kappa shape index (κ3) is 2.38. The molecule has 8 heteroatoms. The van der Waals surface area contributed by atoms with Gasteiger partial charge in [-0.3, -0.25) is 9.89 Å². The third-order valence-corrected chi connectivity index (χ3v) is 4.69. The predicted molar refractivity (Wildman–Crippen MR) is 91.4 cm³/mol. The van der Waals surface area contributed by atoms with Gasteiger partial charge in [0.05, 0.1) is 11.8 Å². The van der Waals surface area contributed by atoms with Crippen LogP contribution in [0.1, 0.15) is 28.7 Å². The maximum Gasteiger partial charge on any atom is 0.293 e. The van der Waals surface area contributed by atoms with Crippen molar-refractivity contribution >= 4 is 16.8 Å². The molecule has 0 radical (unpaired) electrons. The molecule has 3 aromatic heterocycles. The van der Waals surface area contributed by atoms with Gasteiger partial charge < -0.3 is 13.8 Å². The number of rotatable bonds is 3. The smallest absolute Gasteiger partial charge is 0.293 e. The highest BCUT2D eigenvalue weighted by molar-refractivity contribution is 6.04. The summed E-state index contributed by atoms with van der Waals surface area (Å²) in [5.74, 6) is 1.45. The molecule has 0 saturated carbocycles. The minimum atomic E-state index is -0.0836. The van der Waals surface area contributed by atoms with Crippen LogP contribution in [0.5, 0.6) is 0 Å². The molecule has 4 aromatic rings. The highest BCUT2D eigenvalue weighted by atomic mass is 16.5. The number of hydrogen-bond donors (Lipinski definition) is 1. The summed E-state index contributed by atoms with van der Waals surface area (Å²) >= 11 is 0. The molecule has 26 heavy (non-hydrogen) atoms. The molecule has 130 valence electrons. The Labute approximate surface area is 147 Å². The lowest BCUT2D eigenvalue weighted by Crippen LogP contribution is -2.29. The number of hydrogen-bond acceptors (Lipinski definition) is 6. The number of amides is 1. The molecule has 4 heterocycles. The summed E-state index contributed by atoms with van der Waals surface area (Å²) < 4.78 is 10.5. The number of carbonyl (C=O) groups is 1. The van der Waals surface area contributed by atoms with E-state index in [1.807, 2.05) is 24.3 Å². The Hall–Kier alpha value is -3.42. The number of para-hydroxylation sites is 1. The fourth-order valence-corrected chi connectivity index (χ4v) is 3.33. The van der Waals surface area contributed by atoms with Crippen molar-refractivity contribution in [3.05, 3.63) is 54.2 Å². The second kappa shape index (κ2) is 5.83. The largest absolute Gasteiger partial charge is 0.459 e. The van der Waals surface area contributed by atoms with E-state index < -0.39 is 0 Å². The van der Waals surface area contributed by atoms with Crippen molar-refractivity contribution in [1.29, 1.82) is 0 Å². The second-order valence-corrected chi connectivity index (χ2v) is 6.29. The third-order valence-electron chi connectivity index (χ3n) is 4.69. The van der Waals surface area contributed by atoms with Crippen LogP contribution in [-0.2, 0) is 0 Å². The van der Waals surface area contributed by atoms with Gasteiger partial charge in [-0.05, 0) is 24.6 Å². The number of fused-ring (bicyclic) bond motifs is 1. The van der Waals surface area contributed by atoms with E-state index in [0.717, 1.165) is 17.3 Å². The van der Waals surface area contributed by atoms with E-state index in [1.54, 1.807) is 23.3 Å². The first-order valence-corrected chi connectivity index (χ1v) is 8.39. The zero-order valence-corrected chi connectivity index (χ0v) is 13.8. The van der Waals surface area contributed by atoms with Crippen LogP contribution in [0, 0.1) is 0 Å². The highest BCUT2D eigenvalue weighted by Crippen LogP contribution is 2.29. The Morgan fingerprint density at radius 1 is 1.23 bits per heavy atom. The van der Waals surface area contributed by atoms with Crippen LogP contribution in [-0.4, -0.2) is 44.2 Å². The molecule has 1 aliphatic rings. The lowest BCUT2D eigenvalue weighted by Gasteiger charge is -2.14. The van der Waals surface area contributed by atoms with E-state index in [-0.39, 0.29) is 11.8 Å². The maximum absolute atomic E-state index is 12.9. The Morgan fingerprint density at radius 3 is 3.04 bits per heavy atom. The minimum Gasteiger partial charge on any atom is -0.459 e. The van der Waals surface area contributed by atoms with Gasteiger partial charge in [0.15, 0.2) is 17.3 Å². The van der Waals surface area contributed by atoms with Crippen LogP contribution in [0.25, 0.3) is 22.6 Å². The van der Waals surface area contributed by atoms with Crippen molar-refractivity contribution in [2.75, 3.05) is 13.1 Å². The SMILES string of the molecule is O=C(c1n[nH]c2ccccc12)N1CCC(c2noc(-c3ccco3)n2)C1. The van der Waals surface area contributed by atoms with Crippen LogP contribution in [0.4, 0.5) is 0 Å². The number of nitrogens with one attached hydrogen (secondary N) is 1. The van der Waals surface area contributed by atoms with Gasteiger partial charge in [0.25, 0.3) is 11.8 Å². The molecule has 8 nitrogen and oxygen atoms in total. The lowest BCUT2D eigenvalue weighted by molar-refractivity contribution is 0.0786. The first-order chi connectivity index (χ1) is 12.8. The maximum atomic E-state index is 12.9. The van der Waals surface area contributed by atoms with Gasteiger partial charge in [-0.1, -0.05) is 23.4 Å². The predicted octanol–water partition coefficient (Wildman–Crippen LogP) is 2.84. The van der Waals surface area contributed by atoms with Crippen molar-refractivity contribution in [2.45, 2.75) is 12.3 Å². The Balaban J connectivity index is 1.35. The van der Waals surface area contributed by atoms with Crippen LogP contribution in [0.3, 0.4) is 0 Å². The van der Waals surface area contributed by atoms with Crippen molar-refractivity contribution in [1.82, 2.24) is 25.2 Å². The zero-order chi connectivity index (χ0) is 17.5. The van der Waals surface area contributed by atoms with Gasteiger partial charge in [-0.2, -0.15) is 10.1 Å². The Kier molecular flexibility index (Phi) is 3.34. The highest BCUT2D eigenvalue weighted by Gasteiger charge is 2.32. The number of carbonyl (C=O) groups excluding carboxylic acids is 1. The molecule has 0 bridgehead atoms. The average molecular weight is 349 g/mol. The number of benzene rings is 1. The number of furan rings is 1. The summed E-state index contributed by atoms with van der Waals surface area (Å²) in [6.45, 7) is 1.17. The van der Waals surface area contributed by atoms with E-state index >= 15 is 0 Å². The lowest BCUT2D eigenvalue weighted by atomic mass is 10.1. The number of likely N-dealkylation sites (tertiary alicyclic amines) is 1. The van der Waals surface area contributed by atoms with Gasteiger partial charge in [-0.15, -0.1) is 0 Å². The topological polar surface area (TPSA) is 101 Å². The summed E-state index contributed by atoms with van der Waals surface area (Å²) in [5, 5.41) is 12.0. The monoisotopic (exact) mass is 349 g/mol. The fraction of sp³-hybridized carbons (Fsp3) is 0.222.